The number of para-hydroxylation sites is 1. The van der Waals surface area contributed by atoms with Crippen LogP contribution >= 0.6 is 0 Å². The number of carbonyl (C=O) groups excluding carboxylic acids is 2. The molecule has 1 fully saturated rings. The standard InChI is InChI=1S/C21H22N4O2/c1-17(26)25(20-9-5-6-18(14-20)15-22)16-21(27)24-12-10-23(11-13-24)19-7-3-2-4-8-19/h2-9,14H,10-13,16H2,1H3. The van der Waals surface area contributed by atoms with Crippen molar-refractivity contribution in [3.05, 3.63) is 60.2 Å². The zero-order valence-electron chi connectivity index (χ0n) is 15.3. The smallest absolute Gasteiger partial charge is 0.242 e. The summed E-state index contributed by atoms with van der Waals surface area (Å²) in [6, 6.07) is 18.9. The van der Waals surface area contributed by atoms with Gasteiger partial charge in [0.25, 0.3) is 0 Å². The third-order valence-corrected chi connectivity index (χ3v) is 4.71. The molecule has 2 amide bonds. The van der Waals surface area contributed by atoms with E-state index in [0.29, 0.717) is 24.3 Å². The molecule has 27 heavy (non-hydrogen) atoms. The third kappa shape index (κ3) is 4.45. The molecule has 3 rings (SSSR count). The molecule has 138 valence electrons. The van der Waals surface area contributed by atoms with Crippen molar-refractivity contribution >= 4 is 23.2 Å². The minimum Gasteiger partial charge on any atom is -0.368 e. The van der Waals surface area contributed by atoms with Crippen LogP contribution in [0.25, 0.3) is 0 Å². The Morgan fingerprint density at radius 1 is 1.04 bits per heavy atom. The average molecular weight is 362 g/mol. The van der Waals surface area contributed by atoms with Crippen LogP contribution in [-0.4, -0.2) is 49.4 Å². The molecule has 0 radical (unpaired) electrons. The van der Waals surface area contributed by atoms with Crippen LogP contribution in [0.3, 0.4) is 0 Å². The molecular formula is C21H22N4O2. The van der Waals surface area contributed by atoms with Gasteiger partial charge in [0, 0.05) is 44.5 Å². The largest absolute Gasteiger partial charge is 0.368 e. The molecule has 0 bridgehead atoms. The first-order valence-electron chi connectivity index (χ1n) is 8.94. The Morgan fingerprint density at radius 3 is 2.37 bits per heavy atom. The van der Waals surface area contributed by atoms with E-state index in [2.05, 4.69) is 23.1 Å². The van der Waals surface area contributed by atoms with Crippen LogP contribution in [0.2, 0.25) is 0 Å². The molecule has 0 saturated carbocycles. The molecule has 2 aromatic carbocycles. The molecule has 0 atom stereocenters. The molecule has 6 nitrogen and oxygen atoms in total. The summed E-state index contributed by atoms with van der Waals surface area (Å²) >= 11 is 0. The Bertz CT molecular complexity index is 852. The van der Waals surface area contributed by atoms with Gasteiger partial charge in [0.05, 0.1) is 11.6 Å². The van der Waals surface area contributed by atoms with E-state index in [9.17, 15) is 9.59 Å². The van der Waals surface area contributed by atoms with Crippen LogP contribution < -0.4 is 9.80 Å². The van der Waals surface area contributed by atoms with Gasteiger partial charge in [-0.15, -0.1) is 0 Å². The molecular weight excluding hydrogens is 340 g/mol. The number of piperazine rings is 1. The van der Waals surface area contributed by atoms with Gasteiger partial charge in [0.1, 0.15) is 6.54 Å². The highest BCUT2D eigenvalue weighted by molar-refractivity contribution is 5.97. The van der Waals surface area contributed by atoms with Crippen molar-refractivity contribution in [2.75, 3.05) is 42.5 Å². The van der Waals surface area contributed by atoms with E-state index >= 15 is 0 Å². The summed E-state index contributed by atoms with van der Waals surface area (Å²) in [7, 11) is 0. The number of hydrogen-bond donors (Lipinski definition) is 0. The van der Waals surface area contributed by atoms with Gasteiger partial charge in [-0.1, -0.05) is 24.3 Å². The summed E-state index contributed by atoms with van der Waals surface area (Å²) in [5, 5.41) is 9.05. The highest BCUT2D eigenvalue weighted by Crippen LogP contribution is 2.18. The van der Waals surface area contributed by atoms with Gasteiger partial charge in [0.2, 0.25) is 11.8 Å². The van der Waals surface area contributed by atoms with Crippen LogP contribution in [0, 0.1) is 11.3 Å². The van der Waals surface area contributed by atoms with E-state index in [-0.39, 0.29) is 18.4 Å². The van der Waals surface area contributed by atoms with Crippen molar-refractivity contribution in [2.45, 2.75) is 6.92 Å². The first kappa shape index (κ1) is 18.5. The molecule has 6 heteroatoms. The quantitative estimate of drug-likeness (QED) is 0.837. The maximum absolute atomic E-state index is 12.7. The number of benzene rings is 2. The zero-order valence-corrected chi connectivity index (χ0v) is 15.3. The van der Waals surface area contributed by atoms with E-state index < -0.39 is 0 Å². The van der Waals surface area contributed by atoms with Crippen LogP contribution in [-0.2, 0) is 9.59 Å². The van der Waals surface area contributed by atoms with Crippen molar-refractivity contribution in [1.82, 2.24) is 4.90 Å². The van der Waals surface area contributed by atoms with E-state index in [1.165, 1.54) is 11.8 Å². The summed E-state index contributed by atoms with van der Waals surface area (Å²) in [5.74, 6) is -0.304. The topological polar surface area (TPSA) is 67.7 Å². The lowest BCUT2D eigenvalue weighted by Gasteiger charge is -2.37. The van der Waals surface area contributed by atoms with Crippen LogP contribution in [0.4, 0.5) is 11.4 Å². The van der Waals surface area contributed by atoms with Crippen LogP contribution in [0.15, 0.2) is 54.6 Å². The van der Waals surface area contributed by atoms with E-state index in [1.54, 1.807) is 29.2 Å². The third-order valence-electron chi connectivity index (χ3n) is 4.71. The molecule has 0 aliphatic carbocycles. The normalized spacial score (nSPS) is 13.8. The molecule has 1 aliphatic heterocycles. The van der Waals surface area contributed by atoms with Gasteiger partial charge in [-0.3, -0.25) is 9.59 Å². The summed E-state index contributed by atoms with van der Waals surface area (Å²) in [4.78, 5) is 30.3. The second kappa shape index (κ2) is 8.37. The molecule has 0 spiro atoms. The number of rotatable bonds is 4. The fourth-order valence-electron chi connectivity index (χ4n) is 3.22. The van der Waals surface area contributed by atoms with E-state index in [1.807, 2.05) is 18.2 Å². The van der Waals surface area contributed by atoms with Gasteiger partial charge in [-0.05, 0) is 30.3 Å². The van der Waals surface area contributed by atoms with Crippen molar-refractivity contribution < 1.29 is 9.59 Å². The summed E-state index contributed by atoms with van der Waals surface area (Å²) < 4.78 is 0. The Labute approximate surface area is 159 Å². The first-order chi connectivity index (χ1) is 13.1. The fourth-order valence-corrected chi connectivity index (χ4v) is 3.22. The molecule has 0 N–H and O–H groups in total. The second-order valence-corrected chi connectivity index (χ2v) is 6.47. The molecule has 0 aromatic heterocycles. The Kier molecular flexibility index (Phi) is 5.72. The van der Waals surface area contributed by atoms with Gasteiger partial charge in [-0.25, -0.2) is 0 Å². The predicted molar refractivity (Wildman–Crippen MR) is 104 cm³/mol. The van der Waals surface area contributed by atoms with E-state index in [4.69, 9.17) is 5.26 Å². The van der Waals surface area contributed by atoms with Gasteiger partial charge in [0.15, 0.2) is 0 Å². The number of amides is 2. The van der Waals surface area contributed by atoms with Crippen molar-refractivity contribution in [2.24, 2.45) is 0 Å². The maximum Gasteiger partial charge on any atom is 0.242 e. The number of anilines is 2. The number of nitrogens with zero attached hydrogens (tertiary/aromatic N) is 4. The molecule has 1 heterocycles. The van der Waals surface area contributed by atoms with Crippen molar-refractivity contribution in [1.29, 1.82) is 5.26 Å². The zero-order chi connectivity index (χ0) is 19.2. The van der Waals surface area contributed by atoms with Crippen molar-refractivity contribution in [3.63, 3.8) is 0 Å². The van der Waals surface area contributed by atoms with Crippen molar-refractivity contribution in [3.8, 4) is 6.07 Å². The number of nitriles is 1. The lowest BCUT2D eigenvalue weighted by Crippen LogP contribution is -2.51. The second-order valence-electron chi connectivity index (χ2n) is 6.47. The number of hydrogen-bond acceptors (Lipinski definition) is 4. The van der Waals surface area contributed by atoms with Gasteiger partial charge >= 0.3 is 0 Å². The average Bonchev–Trinajstić information content (AvgIpc) is 2.72. The summed E-state index contributed by atoms with van der Waals surface area (Å²) in [6.45, 7) is 4.18. The summed E-state index contributed by atoms with van der Waals surface area (Å²) in [5.41, 5.74) is 2.18. The molecule has 0 unspecified atom stereocenters. The summed E-state index contributed by atoms with van der Waals surface area (Å²) in [6.07, 6.45) is 0. The minimum atomic E-state index is -0.221. The molecule has 1 saturated heterocycles. The maximum atomic E-state index is 12.7. The SMILES string of the molecule is CC(=O)N(CC(=O)N1CCN(c2ccccc2)CC1)c1cccc(C#N)c1. The molecule has 1 aliphatic rings. The monoisotopic (exact) mass is 362 g/mol. The first-order valence-corrected chi connectivity index (χ1v) is 8.94. The highest BCUT2D eigenvalue weighted by Gasteiger charge is 2.24. The fraction of sp³-hybridized carbons (Fsp3) is 0.286. The van der Waals surface area contributed by atoms with E-state index in [0.717, 1.165) is 18.8 Å². The Morgan fingerprint density at radius 2 is 1.74 bits per heavy atom. The lowest BCUT2D eigenvalue weighted by atomic mass is 10.2. The Hall–Kier alpha value is -3.33. The molecule has 2 aromatic rings. The lowest BCUT2D eigenvalue weighted by molar-refractivity contribution is -0.131. The number of carbonyl (C=O) groups is 2. The van der Waals surface area contributed by atoms with Crippen LogP contribution in [0.5, 0.6) is 0 Å². The van der Waals surface area contributed by atoms with Gasteiger partial charge in [-0.2, -0.15) is 5.26 Å². The predicted octanol–water partition coefficient (Wildman–Crippen LogP) is 2.26. The minimum absolute atomic E-state index is 0.0183. The van der Waals surface area contributed by atoms with Crippen LogP contribution in [0.1, 0.15) is 12.5 Å². The Balaban J connectivity index is 1.63. The van der Waals surface area contributed by atoms with Gasteiger partial charge < -0.3 is 14.7 Å². The highest BCUT2D eigenvalue weighted by atomic mass is 16.2.